The first kappa shape index (κ1) is 9.84. The van der Waals surface area contributed by atoms with Gasteiger partial charge in [-0.25, -0.2) is 19.4 Å². The molecule has 0 saturated heterocycles. The number of amides is 1. The number of nitrogens with zero attached hydrogens (tertiary/aromatic N) is 2. The minimum absolute atomic E-state index is 0.00655. The summed E-state index contributed by atoms with van der Waals surface area (Å²) in [5, 5.41) is 0. The largest absolute Gasteiger partial charge is 0.325 e. The van der Waals surface area contributed by atoms with Crippen molar-refractivity contribution in [3.05, 3.63) is 17.1 Å². The van der Waals surface area contributed by atoms with Crippen LogP contribution in [0.1, 0.15) is 21.9 Å². The van der Waals surface area contributed by atoms with E-state index in [2.05, 4.69) is 14.7 Å². The van der Waals surface area contributed by atoms with Gasteiger partial charge in [0.1, 0.15) is 0 Å². The van der Waals surface area contributed by atoms with Gasteiger partial charge in [0.2, 0.25) is 0 Å². The third kappa shape index (κ3) is 1.63. The lowest BCUT2D eigenvalue weighted by atomic mass is 10.3. The van der Waals surface area contributed by atoms with E-state index in [1.165, 1.54) is 0 Å². The maximum atomic E-state index is 11.3. The van der Waals surface area contributed by atoms with Crippen molar-refractivity contribution in [3.63, 3.8) is 0 Å². The lowest BCUT2D eigenvalue weighted by Crippen LogP contribution is -2.41. The molecular formula is C7H8N4O3S. The highest BCUT2D eigenvalue weighted by Gasteiger charge is 2.29. The lowest BCUT2D eigenvalue weighted by Gasteiger charge is -2.17. The molecule has 0 spiro atoms. The third-order valence-corrected chi connectivity index (χ3v) is 2.90. The molecular weight excluding hydrogens is 220 g/mol. The molecule has 0 saturated carbocycles. The van der Waals surface area contributed by atoms with Gasteiger partial charge in [0, 0.05) is 0 Å². The summed E-state index contributed by atoms with van der Waals surface area (Å²) in [6, 6.07) is 0. The molecule has 1 aromatic heterocycles. The van der Waals surface area contributed by atoms with Crippen molar-refractivity contribution in [2.24, 2.45) is 0 Å². The Bertz CT molecular complexity index is 552. The van der Waals surface area contributed by atoms with E-state index >= 15 is 0 Å². The Morgan fingerprint density at radius 3 is 2.33 bits per heavy atom. The summed E-state index contributed by atoms with van der Waals surface area (Å²) in [5.74, 6) is -0.791. The van der Waals surface area contributed by atoms with E-state index in [-0.39, 0.29) is 11.5 Å². The number of rotatable bonds is 0. The van der Waals surface area contributed by atoms with Crippen LogP contribution in [-0.4, -0.2) is 24.3 Å². The molecule has 0 unspecified atom stereocenters. The van der Waals surface area contributed by atoms with Gasteiger partial charge in [0.25, 0.3) is 5.91 Å². The van der Waals surface area contributed by atoms with Gasteiger partial charge >= 0.3 is 10.2 Å². The fraction of sp³-hybridized carbons (Fsp3) is 0.286. The fourth-order valence-corrected chi connectivity index (χ4v) is 1.94. The smallest absolute Gasteiger partial charge is 0.266 e. The van der Waals surface area contributed by atoms with Crippen LogP contribution in [0.3, 0.4) is 0 Å². The highest BCUT2D eigenvalue weighted by molar-refractivity contribution is 7.91. The summed E-state index contributed by atoms with van der Waals surface area (Å²) < 4.78 is 26.1. The van der Waals surface area contributed by atoms with Crippen molar-refractivity contribution < 1.29 is 13.2 Å². The lowest BCUT2D eigenvalue weighted by molar-refractivity contribution is 0.0975. The van der Waals surface area contributed by atoms with Gasteiger partial charge in [0.05, 0.1) is 11.4 Å². The molecule has 8 heteroatoms. The molecule has 0 radical (unpaired) electrons. The molecule has 1 amide bonds. The van der Waals surface area contributed by atoms with Crippen LogP contribution in [0.4, 0.5) is 5.82 Å². The van der Waals surface area contributed by atoms with Crippen molar-refractivity contribution in [3.8, 4) is 0 Å². The summed E-state index contributed by atoms with van der Waals surface area (Å²) >= 11 is 0. The number of carbonyl (C=O) groups excluding carboxylic acids is 1. The number of hydrogen-bond acceptors (Lipinski definition) is 5. The molecule has 2 heterocycles. The predicted octanol–water partition coefficient (Wildman–Crippen LogP) is -0.506. The molecule has 0 aromatic carbocycles. The minimum Gasteiger partial charge on any atom is -0.266 e. The van der Waals surface area contributed by atoms with Crippen LogP contribution in [0.2, 0.25) is 0 Å². The molecule has 2 N–H and O–H groups in total. The quantitative estimate of drug-likeness (QED) is 0.623. The van der Waals surface area contributed by atoms with Crippen molar-refractivity contribution in [1.29, 1.82) is 0 Å². The molecule has 0 atom stereocenters. The molecule has 0 bridgehead atoms. The topological polar surface area (TPSA) is 101 Å². The average molecular weight is 228 g/mol. The fourth-order valence-electron chi connectivity index (χ4n) is 1.16. The monoisotopic (exact) mass is 228 g/mol. The summed E-state index contributed by atoms with van der Waals surface area (Å²) in [5.41, 5.74) is 1.16. The maximum Gasteiger partial charge on any atom is 0.325 e. The Morgan fingerprint density at radius 1 is 1.07 bits per heavy atom. The van der Waals surface area contributed by atoms with Gasteiger partial charge in [-0.1, -0.05) is 0 Å². The van der Waals surface area contributed by atoms with Gasteiger partial charge in [-0.05, 0) is 13.8 Å². The van der Waals surface area contributed by atoms with E-state index in [4.69, 9.17) is 0 Å². The molecule has 1 aliphatic rings. The number of anilines is 1. The molecule has 2 rings (SSSR count). The first-order chi connectivity index (χ1) is 6.89. The van der Waals surface area contributed by atoms with Crippen molar-refractivity contribution in [1.82, 2.24) is 14.7 Å². The summed E-state index contributed by atoms with van der Waals surface area (Å²) in [6.45, 7) is 3.38. The number of fused-ring (bicyclic) bond motifs is 1. The first-order valence-corrected chi connectivity index (χ1v) is 5.57. The van der Waals surface area contributed by atoms with Crippen LogP contribution in [0.5, 0.6) is 0 Å². The van der Waals surface area contributed by atoms with Gasteiger partial charge in [-0.3, -0.25) is 4.79 Å². The van der Waals surface area contributed by atoms with Crippen LogP contribution in [-0.2, 0) is 10.2 Å². The second-order valence-corrected chi connectivity index (χ2v) is 4.54. The first-order valence-electron chi connectivity index (χ1n) is 4.09. The summed E-state index contributed by atoms with van der Waals surface area (Å²) in [6.07, 6.45) is 0. The number of carbonyl (C=O) groups is 1. The normalized spacial score (nSPS) is 17.6. The number of nitrogens with one attached hydrogen (secondary N) is 2. The van der Waals surface area contributed by atoms with Gasteiger partial charge in [0.15, 0.2) is 11.5 Å². The van der Waals surface area contributed by atoms with E-state index in [0.717, 1.165) is 0 Å². The Morgan fingerprint density at radius 2 is 1.67 bits per heavy atom. The maximum absolute atomic E-state index is 11.3. The van der Waals surface area contributed by atoms with Crippen molar-refractivity contribution >= 4 is 21.9 Å². The molecule has 0 aliphatic carbocycles. The van der Waals surface area contributed by atoms with E-state index in [0.29, 0.717) is 11.4 Å². The molecule has 0 fully saturated rings. The van der Waals surface area contributed by atoms with Gasteiger partial charge in [-0.15, -0.1) is 0 Å². The summed E-state index contributed by atoms with van der Waals surface area (Å²) in [4.78, 5) is 19.2. The highest BCUT2D eigenvalue weighted by atomic mass is 32.2. The predicted molar refractivity (Wildman–Crippen MR) is 51.5 cm³/mol. The zero-order chi connectivity index (χ0) is 11.2. The van der Waals surface area contributed by atoms with E-state index in [1.54, 1.807) is 18.6 Å². The number of hydrogen-bond donors (Lipinski definition) is 2. The standard InChI is InChI=1S/C7H8N4O3S/c1-3-4(2)9-6-5(8-3)7(12)11-15(13,14)10-6/h1-2H3,(H,9,10)(H,11,12). The number of aromatic nitrogens is 2. The Balaban J connectivity index is 2.66. The van der Waals surface area contributed by atoms with Gasteiger partial charge in [-0.2, -0.15) is 8.42 Å². The Kier molecular flexibility index (Phi) is 1.90. The molecule has 15 heavy (non-hydrogen) atoms. The third-order valence-electron chi connectivity index (χ3n) is 1.98. The highest BCUT2D eigenvalue weighted by Crippen LogP contribution is 2.17. The average Bonchev–Trinajstić information content (AvgIpc) is 2.07. The van der Waals surface area contributed by atoms with Crippen LogP contribution < -0.4 is 9.44 Å². The molecule has 1 aliphatic heterocycles. The molecule has 1 aromatic rings. The van der Waals surface area contributed by atoms with Crippen LogP contribution in [0.25, 0.3) is 0 Å². The van der Waals surface area contributed by atoms with Crippen molar-refractivity contribution in [2.75, 3.05) is 4.72 Å². The Labute approximate surface area is 86.1 Å². The SMILES string of the molecule is Cc1nc2c(nc1C)C(=O)NS(=O)(=O)N2. The summed E-state index contributed by atoms with van der Waals surface area (Å²) in [7, 11) is -3.83. The van der Waals surface area contributed by atoms with Crippen LogP contribution >= 0.6 is 0 Å². The zero-order valence-electron chi connectivity index (χ0n) is 8.03. The van der Waals surface area contributed by atoms with E-state index < -0.39 is 16.1 Å². The second-order valence-electron chi connectivity index (χ2n) is 3.13. The van der Waals surface area contributed by atoms with Crippen LogP contribution in [0, 0.1) is 13.8 Å². The zero-order valence-corrected chi connectivity index (χ0v) is 8.84. The van der Waals surface area contributed by atoms with Crippen LogP contribution in [0.15, 0.2) is 0 Å². The molecule has 80 valence electrons. The molecule has 7 nitrogen and oxygen atoms in total. The van der Waals surface area contributed by atoms with Crippen molar-refractivity contribution in [2.45, 2.75) is 13.8 Å². The Hall–Kier alpha value is -1.70. The minimum atomic E-state index is -3.83. The van der Waals surface area contributed by atoms with E-state index in [9.17, 15) is 13.2 Å². The number of aryl methyl sites for hydroxylation is 2. The van der Waals surface area contributed by atoms with E-state index in [1.807, 2.05) is 0 Å². The van der Waals surface area contributed by atoms with Gasteiger partial charge < -0.3 is 0 Å². The second kappa shape index (κ2) is 2.89.